The first-order chi connectivity index (χ1) is 17.0. The van der Waals surface area contributed by atoms with Crippen LogP contribution >= 0.6 is 0 Å². The molecule has 35 heavy (non-hydrogen) atoms. The molecule has 3 aromatic heterocycles. The summed E-state index contributed by atoms with van der Waals surface area (Å²) in [5.41, 5.74) is 3.32. The molecule has 4 heterocycles. The number of nitrogens with zero attached hydrogens (tertiary/aromatic N) is 5. The van der Waals surface area contributed by atoms with Gasteiger partial charge in [-0.2, -0.15) is 0 Å². The van der Waals surface area contributed by atoms with Gasteiger partial charge in [-0.15, -0.1) is 0 Å². The van der Waals surface area contributed by atoms with Gasteiger partial charge in [0.15, 0.2) is 5.82 Å². The maximum absolute atomic E-state index is 13.0. The first-order valence-corrected chi connectivity index (χ1v) is 11.7. The van der Waals surface area contributed by atoms with E-state index in [1.807, 2.05) is 31.0 Å². The zero-order valence-electron chi connectivity index (χ0n) is 20.0. The fraction of sp³-hybridized carbons (Fsp3) is 0.400. The standard InChI is InChI=1S/C25H28N6O4/c1-15(25(32)28-16-7-8-22(33-3)27-12-16)31(2)24-19-5-4-6-20(19)29-23(30-24)21-11-17(9-10-26-21)35-18-13-34-14-18/h7-12,15,18H,4-6,13-14H2,1-3H3,(H,28,32)/t15-/m1/s1. The van der Waals surface area contributed by atoms with Crippen molar-refractivity contribution in [2.24, 2.45) is 0 Å². The molecule has 5 rings (SSSR count). The van der Waals surface area contributed by atoms with Gasteiger partial charge < -0.3 is 24.4 Å². The van der Waals surface area contributed by atoms with Crippen molar-refractivity contribution in [1.82, 2.24) is 19.9 Å². The van der Waals surface area contributed by atoms with Crippen molar-refractivity contribution in [2.45, 2.75) is 38.3 Å². The number of aromatic nitrogens is 4. The zero-order chi connectivity index (χ0) is 24.4. The Kier molecular flexibility index (Phi) is 6.45. The van der Waals surface area contributed by atoms with Crippen LogP contribution in [-0.2, 0) is 22.4 Å². The summed E-state index contributed by atoms with van der Waals surface area (Å²) in [5, 5.41) is 2.91. The second-order valence-corrected chi connectivity index (χ2v) is 8.67. The van der Waals surface area contributed by atoms with Crippen LogP contribution in [0.5, 0.6) is 11.6 Å². The highest BCUT2D eigenvalue weighted by molar-refractivity contribution is 5.96. The van der Waals surface area contributed by atoms with Crippen LogP contribution in [-0.4, -0.2) is 65.4 Å². The first-order valence-electron chi connectivity index (χ1n) is 11.7. The minimum atomic E-state index is -0.481. The molecule has 2 aliphatic rings. The van der Waals surface area contributed by atoms with E-state index in [1.54, 1.807) is 31.6 Å². The third-order valence-electron chi connectivity index (χ3n) is 6.29. The summed E-state index contributed by atoms with van der Waals surface area (Å²) in [6.45, 7) is 3.03. The predicted octanol–water partition coefficient (Wildman–Crippen LogP) is 2.67. The third kappa shape index (κ3) is 4.88. The average Bonchev–Trinajstić information content (AvgIpc) is 3.34. The number of hydrogen-bond acceptors (Lipinski definition) is 9. The summed E-state index contributed by atoms with van der Waals surface area (Å²) < 4.78 is 16.2. The van der Waals surface area contributed by atoms with Crippen LogP contribution in [0.25, 0.3) is 11.5 Å². The van der Waals surface area contributed by atoms with Crippen molar-refractivity contribution >= 4 is 17.4 Å². The van der Waals surface area contributed by atoms with E-state index >= 15 is 0 Å². The van der Waals surface area contributed by atoms with E-state index < -0.39 is 6.04 Å². The van der Waals surface area contributed by atoms with E-state index in [0.717, 1.165) is 36.3 Å². The summed E-state index contributed by atoms with van der Waals surface area (Å²) in [5.74, 6) is 2.31. The number of anilines is 2. The molecule has 1 fully saturated rings. The van der Waals surface area contributed by atoms with Gasteiger partial charge in [0.05, 0.1) is 32.2 Å². The molecular formula is C25H28N6O4. The van der Waals surface area contributed by atoms with Gasteiger partial charge in [0.2, 0.25) is 11.8 Å². The maximum atomic E-state index is 13.0. The van der Waals surface area contributed by atoms with Gasteiger partial charge in [0, 0.05) is 36.6 Å². The highest BCUT2D eigenvalue weighted by Gasteiger charge is 2.27. The molecule has 1 atom stereocenters. The molecule has 1 saturated heterocycles. The number of nitrogens with one attached hydrogen (secondary N) is 1. The molecule has 182 valence electrons. The smallest absolute Gasteiger partial charge is 0.246 e. The van der Waals surface area contributed by atoms with Gasteiger partial charge in [-0.3, -0.25) is 9.78 Å². The number of pyridine rings is 2. The van der Waals surface area contributed by atoms with Gasteiger partial charge >= 0.3 is 0 Å². The number of ether oxygens (including phenoxy) is 3. The van der Waals surface area contributed by atoms with E-state index in [2.05, 4.69) is 15.3 Å². The molecule has 0 saturated carbocycles. The Morgan fingerprint density at radius 3 is 2.77 bits per heavy atom. The molecule has 0 bridgehead atoms. The molecule has 1 aliphatic carbocycles. The molecule has 1 amide bonds. The van der Waals surface area contributed by atoms with Crippen molar-refractivity contribution in [3.05, 3.63) is 47.9 Å². The summed E-state index contributed by atoms with van der Waals surface area (Å²) in [6.07, 6.45) is 6.09. The number of fused-ring (bicyclic) bond motifs is 1. The number of aryl methyl sites for hydroxylation is 1. The van der Waals surface area contributed by atoms with Crippen molar-refractivity contribution < 1.29 is 19.0 Å². The van der Waals surface area contributed by atoms with E-state index in [-0.39, 0.29) is 12.0 Å². The third-order valence-corrected chi connectivity index (χ3v) is 6.29. The Bertz CT molecular complexity index is 1220. The normalized spacial score (nSPS) is 15.6. The number of likely N-dealkylation sites (N-methyl/N-ethyl adjacent to an activating group) is 1. The van der Waals surface area contributed by atoms with E-state index in [0.29, 0.717) is 42.0 Å². The monoisotopic (exact) mass is 476 g/mol. The second kappa shape index (κ2) is 9.83. The van der Waals surface area contributed by atoms with Crippen LogP contribution < -0.4 is 19.7 Å². The Morgan fingerprint density at radius 2 is 2.06 bits per heavy atom. The Balaban J connectivity index is 1.38. The fourth-order valence-electron chi connectivity index (χ4n) is 4.08. The van der Waals surface area contributed by atoms with Crippen LogP contribution in [0.1, 0.15) is 24.6 Å². The first kappa shape index (κ1) is 23.0. The molecule has 0 aromatic carbocycles. The second-order valence-electron chi connectivity index (χ2n) is 8.67. The van der Waals surface area contributed by atoms with Crippen LogP contribution in [0.15, 0.2) is 36.7 Å². The molecule has 1 N–H and O–H groups in total. The number of amides is 1. The number of carbonyl (C=O) groups excluding carboxylic acids is 1. The Hall–Kier alpha value is -3.79. The Labute approximate surface area is 203 Å². The Morgan fingerprint density at radius 1 is 1.20 bits per heavy atom. The lowest BCUT2D eigenvalue weighted by atomic mass is 10.2. The molecule has 0 spiro atoms. The van der Waals surface area contributed by atoms with Crippen LogP contribution in [0, 0.1) is 0 Å². The summed E-state index contributed by atoms with van der Waals surface area (Å²) in [4.78, 5) is 33.2. The molecule has 3 aromatic rings. The van der Waals surface area contributed by atoms with Crippen LogP contribution in [0.4, 0.5) is 11.5 Å². The maximum Gasteiger partial charge on any atom is 0.246 e. The molecule has 10 heteroatoms. The average molecular weight is 477 g/mol. The lowest BCUT2D eigenvalue weighted by Crippen LogP contribution is -2.40. The van der Waals surface area contributed by atoms with E-state index in [9.17, 15) is 4.79 Å². The summed E-state index contributed by atoms with van der Waals surface area (Å²) >= 11 is 0. The zero-order valence-corrected chi connectivity index (χ0v) is 20.0. The van der Waals surface area contributed by atoms with Crippen molar-refractivity contribution in [1.29, 1.82) is 0 Å². The lowest BCUT2D eigenvalue weighted by molar-refractivity contribution is -0.117. The van der Waals surface area contributed by atoms with Crippen LogP contribution in [0.3, 0.4) is 0 Å². The van der Waals surface area contributed by atoms with Crippen molar-refractivity contribution in [2.75, 3.05) is 37.6 Å². The minimum absolute atomic E-state index is 0.0631. The quantitative estimate of drug-likeness (QED) is 0.524. The predicted molar refractivity (Wildman–Crippen MR) is 130 cm³/mol. The minimum Gasteiger partial charge on any atom is -0.485 e. The largest absolute Gasteiger partial charge is 0.485 e. The number of methoxy groups -OCH3 is 1. The van der Waals surface area contributed by atoms with Gasteiger partial charge in [-0.05, 0) is 38.3 Å². The number of carbonyl (C=O) groups is 1. The summed E-state index contributed by atoms with van der Waals surface area (Å²) in [7, 11) is 3.43. The van der Waals surface area contributed by atoms with Crippen LogP contribution in [0.2, 0.25) is 0 Å². The SMILES string of the molecule is COc1ccc(NC(=O)[C@@H](C)N(C)c2nc(-c3cc(OC4COC4)ccn3)nc3c2CCC3)cn1. The van der Waals surface area contributed by atoms with Crippen molar-refractivity contribution in [3.63, 3.8) is 0 Å². The van der Waals surface area contributed by atoms with E-state index in [4.69, 9.17) is 24.2 Å². The molecule has 1 aliphatic heterocycles. The van der Waals surface area contributed by atoms with E-state index in [1.165, 1.54) is 0 Å². The molecule has 10 nitrogen and oxygen atoms in total. The molecule has 0 unspecified atom stereocenters. The van der Waals surface area contributed by atoms with Gasteiger partial charge in [0.1, 0.15) is 29.4 Å². The lowest BCUT2D eigenvalue weighted by Gasteiger charge is -2.27. The topological polar surface area (TPSA) is 112 Å². The number of hydrogen-bond donors (Lipinski definition) is 1. The molecule has 0 radical (unpaired) electrons. The highest BCUT2D eigenvalue weighted by Crippen LogP contribution is 2.32. The fourth-order valence-corrected chi connectivity index (χ4v) is 4.08. The van der Waals surface area contributed by atoms with Gasteiger partial charge in [-0.1, -0.05) is 0 Å². The van der Waals surface area contributed by atoms with Crippen molar-refractivity contribution in [3.8, 4) is 23.1 Å². The summed E-state index contributed by atoms with van der Waals surface area (Å²) in [6, 6.07) is 6.66. The molecular weight excluding hydrogens is 448 g/mol. The van der Waals surface area contributed by atoms with Gasteiger partial charge in [-0.25, -0.2) is 15.0 Å². The van der Waals surface area contributed by atoms with Gasteiger partial charge in [0.25, 0.3) is 0 Å². The number of rotatable bonds is 8. The highest BCUT2D eigenvalue weighted by atomic mass is 16.6.